The maximum Gasteiger partial charge on any atom is 0.0574 e. The van der Waals surface area contributed by atoms with Gasteiger partial charge in [0.1, 0.15) is 0 Å². The molecule has 2 rings (SSSR count). The van der Waals surface area contributed by atoms with E-state index in [1.54, 1.807) is 0 Å². The predicted molar refractivity (Wildman–Crippen MR) is 72.0 cm³/mol. The largest absolute Gasteiger partial charge is 0.393 e. The molecule has 1 aromatic carbocycles. The molecule has 17 heavy (non-hydrogen) atoms. The van der Waals surface area contributed by atoms with E-state index in [2.05, 4.69) is 38.1 Å². The van der Waals surface area contributed by atoms with Gasteiger partial charge < -0.3 is 5.11 Å². The van der Waals surface area contributed by atoms with E-state index in [0.717, 1.165) is 31.6 Å². The second kappa shape index (κ2) is 5.68. The van der Waals surface area contributed by atoms with E-state index in [1.165, 1.54) is 17.5 Å². The summed E-state index contributed by atoms with van der Waals surface area (Å²) in [6.45, 7) is 4.50. The zero-order chi connectivity index (χ0) is 12.3. The topological polar surface area (TPSA) is 20.2 Å². The van der Waals surface area contributed by atoms with Crippen LogP contribution in [0.1, 0.15) is 44.2 Å². The van der Waals surface area contributed by atoms with Crippen LogP contribution in [0.15, 0.2) is 24.3 Å². The molecular formula is C16H24O. The summed E-state index contributed by atoms with van der Waals surface area (Å²) in [5.41, 5.74) is 2.89. The number of rotatable bonds is 5. The monoisotopic (exact) mass is 232 g/mol. The molecular weight excluding hydrogens is 208 g/mol. The number of benzene rings is 1. The van der Waals surface area contributed by atoms with Gasteiger partial charge in [-0.2, -0.15) is 0 Å². The number of hydrogen-bond acceptors (Lipinski definition) is 1. The molecule has 0 saturated carbocycles. The molecule has 0 radical (unpaired) electrons. The number of fused-ring (bicyclic) bond motifs is 1. The van der Waals surface area contributed by atoms with Crippen molar-refractivity contribution in [1.29, 1.82) is 0 Å². The Labute approximate surface area is 105 Å². The fourth-order valence-electron chi connectivity index (χ4n) is 2.84. The summed E-state index contributed by atoms with van der Waals surface area (Å²) in [5.74, 6) is 1.21. The van der Waals surface area contributed by atoms with Crippen molar-refractivity contribution in [3.8, 4) is 0 Å². The number of hydrogen-bond donors (Lipinski definition) is 1. The van der Waals surface area contributed by atoms with Gasteiger partial charge in [0.15, 0.2) is 0 Å². The van der Waals surface area contributed by atoms with Crippen molar-refractivity contribution in [2.24, 2.45) is 11.8 Å². The minimum atomic E-state index is -0.110. The average Bonchev–Trinajstić information content (AvgIpc) is 2.71. The molecule has 0 bridgehead atoms. The first-order chi connectivity index (χ1) is 8.16. The van der Waals surface area contributed by atoms with Crippen LogP contribution in [0.3, 0.4) is 0 Å². The lowest BCUT2D eigenvalue weighted by atomic mass is 9.93. The van der Waals surface area contributed by atoms with E-state index in [1.807, 2.05) is 0 Å². The van der Waals surface area contributed by atoms with Crippen LogP contribution in [-0.2, 0) is 12.8 Å². The lowest BCUT2D eigenvalue weighted by Crippen LogP contribution is -2.20. The molecule has 1 N–H and O–H groups in total. The van der Waals surface area contributed by atoms with Crippen LogP contribution in [0.2, 0.25) is 0 Å². The van der Waals surface area contributed by atoms with Gasteiger partial charge in [0, 0.05) is 0 Å². The fourth-order valence-corrected chi connectivity index (χ4v) is 2.84. The Bertz CT molecular complexity index is 331. The van der Waals surface area contributed by atoms with Gasteiger partial charge in [-0.15, -0.1) is 0 Å². The van der Waals surface area contributed by atoms with Crippen molar-refractivity contribution in [3.63, 3.8) is 0 Å². The molecule has 1 aliphatic rings. The first-order valence-electron chi connectivity index (χ1n) is 6.91. The van der Waals surface area contributed by atoms with Gasteiger partial charge in [0.25, 0.3) is 0 Å². The number of aliphatic hydroxyl groups excluding tert-OH is 1. The molecule has 0 amide bonds. The molecule has 0 saturated heterocycles. The zero-order valence-corrected chi connectivity index (χ0v) is 11.0. The molecule has 94 valence electrons. The molecule has 0 aliphatic heterocycles. The van der Waals surface area contributed by atoms with E-state index in [0.29, 0.717) is 5.92 Å². The summed E-state index contributed by atoms with van der Waals surface area (Å²) in [6.07, 6.45) is 5.39. The highest BCUT2D eigenvalue weighted by Crippen LogP contribution is 2.30. The summed E-state index contributed by atoms with van der Waals surface area (Å²) in [6, 6.07) is 8.62. The smallest absolute Gasteiger partial charge is 0.0574 e. The Kier molecular flexibility index (Phi) is 4.22. The highest BCUT2D eigenvalue weighted by Gasteiger charge is 2.26. The molecule has 1 aliphatic carbocycles. The first kappa shape index (κ1) is 12.6. The van der Waals surface area contributed by atoms with Crippen molar-refractivity contribution in [3.05, 3.63) is 35.4 Å². The van der Waals surface area contributed by atoms with E-state index in [-0.39, 0.29) is 6.10 Å². The van der Waals surface area contributed by atoms with Gasteiger partial charge in [-0.05, 0) is 42.2 Å². The number of aliphatic hydroxyl groups is 1. The molecule has 0 spiro atoms. The second-order valence-corrected chi connectivity index (χ2v) is 5.83. The molecule has 0 heterocycles. The average molecular weight is 232 g/mol. The lowest BCUT2D eigenvalue weighted by Gasteiger charge is -2.18. The summed E-state index contributed by atoms with van der Waals surface area (Å²) < 4.78 is 0. The van der Waals surface area contributed by atoms with Gasteiger partial charge in [-0.25, -0.2) is 0 Å². The predicted octanol–water partition coefficient (Wildman–Crippen LogP) is 3.59. The van der Waals surface area contributed by atoms with Gasteiger partial charge >= 0.3 is 0 Å². The summed E-state index contributed by atoms with van der Waals surface area (Å²) in [5, 5.41) is 10.2. The molecule has 1 atom stereocenters. The van der Waals surface area contributed by atoms with E-state index >= 15 is 0 Å². The van der Waals surface area contributed by atoms with Crippen LogP contribution in [0, 0.1) is 11.8 Å². The van der Waals surface area contributed by atoms with Gasteiger partial charge in [0.2, 0.25) is 0 Å². The third-order valence-corrected chi connectivity index (χ3v) is 3.91. The maximum absolute atomic E-state index is 10.2. The van der Waals surface area contributed by atoms with Gasteiger partial charge in [-0.3, -0.25) is 0 Å². The quantitative estimate of drug-likeness (QED) is 0.822. The van der Waals surface area contributed by atoms with Crippen molar-refractivity contribution in [2.75, 3.05) is 0 Å². The SMILES string of the molecule is CC(C)CCCC(O)C1Cc2ccccc2C1. The summed E-state index contributed by atoms with van der Waals surface area (Å²) in [4.78, 5) is 0. The van der Waals surface area contributed by atoms with Gasteiger partial charge in [-0.1, -0.05) is 51.0 Å². The Morgan fingerprint density at radius 3 is 2.24 bits per heavy atom. The van der Waals surface area contributed by atoms with E-state index in [9.17, 15) is 5.11 Å². The van der Waals surface area contributed by atoms with Crippen molar-refractivity contribution < 1.29 is 5.11 Å². The molecule has 1 nitrogen and oxygen atoms in total. The normalized spacial score (nSPS) is 17.4. The maximum atomic E-state index is 10.2. The highest BCUT2D eigenvalue weighted by atomic mass is 16.3. The zero-order valence-electron chi connectivity index (χ0n) is 11.0. The van der Waals surface area contributed by atoms with Gasteiger partial charge in [0.05, 0.1) is 6.10 Å². The Morgan fingerprint density at radius 1 is 1.12 bits per heavy atom. The molecule has 0 aromatic heterocycles. The van der Waals surface area contributed by atoms with Crippen molar-refractivity contribution >= 4 is 0 Å². The fraction of sp³-hybridized carbons (Fsp3) is 0.625. The third kappa shape index (κ3) is 3.32. The Morgan fingerprint density at radius 2 is 1.71 bits per heavy atom. The lowest BCUT2D eigenvalue weighted by molar-refractivity contribution is 0.0997. The van der Waals surface area contributed by atoms with E-state index < -0.39 is 0 Å². The molecule has 1 aromatic rings. The van der Waals surface area contributed by atoms with Crippen molar-refractivity contribution in [2.45, 2.75) is 52.1 Å². The first-order valence-corrected chi connectivity index (χ1v) is 6.91. The van der Waals surface area contributed by atoms with E-state index in [4.69, 9.17) is 0 Å². The Balaban J connectivity index is 1.81. The third-order valence-electron chi connectivity index (χ3n) is 3.91. The molecule has 1 heteroatoms. The van der Waals surface area contributed by atoms with Crippen LogP contribution in [-0.4, -0.2) is 11.2 Å². The van der Waals surface area contributed by atoms with Crippen LogP contribution in [0.5, 0.6) is 0 Å². The van der Waals surface area contributed by atoms with Crippen molar-refractivity contribution in [1.82, 2.24) is 0 Å². The van der Waals surface area contributed by atoms with Crippen LogP contribution >= 0.6 is 0 Å². The summed E-state index contributed by atoms with van der Waals surface area (Å²) >= 11 is 0. The standard InChI is InChI=1S/C16H24O/c1-12(2)6-5-9-16(17)15-10-13-7-3-4-8-14(13)11-15/h3-4,7-8,12,15-17H,5-6,9-11H2,1-2H3. The second-order valence-electron chi connectivity index (χ2n) is 5.83. The molecule has 1 unspecified atom stereocenters. The Hall–Kier alpha value is -0.820. The summed E-state index contributed by atoms with van der Waals surface area (Å²) in [7, 11) is 0. The minimum absolute atomic E-state index is 0.110. The minimum Gasteiger partial charge on any atom is -0.393 e. The van der Waals surface area contributed by atoms with Crippen LogP contribution in [0.4, 0.5) is 0 Å². The van der Waals surface area contributed by atoms with Crippen LogP contribution < -0.4 is 0 Å². The van der Waals surface area contributed by atoms with Crippen LogP contribution in [0.25, 0.3) is 0 Å². The molecule has 0 fully saturated rings. The highest BCUT2D eigenvalue weighted by molar-refractivity contribution is 5.32.